The lowest BCUT2D eigenvalue weighted by molar-refractivity contribution is 0.0666. The number of likely N-dealkylation sites (tertiary alicyclic amines) is 1. The number of hydrogen-bond donors (Lipinski definition) is 1. The molecule has 1 aliphatic heterocycles. The predicted molar refractivity (Wildman–Crippen MR) is 84.7 cm³/mol. The van der Waals surface area contributed by atoms with Gasteiger partial charge in [-0.2, -0.15) is 0 Å². The second-order valence-corrected chi connectivity index (χ2v) is 5.68. The number of amides is 1. The molecule has 2 heterocycles. The molecule has 1 amide bonds. The molecule has 22 heavy (non-hydrogen) atoms. The Kier molecular flexibility index (Phi) is 4.24. The molecule has 2 aromatic rings. The van der Waals surface area contributed by atoms with E-state index in [1.54, 1.807) is 0 Å². The summed E-state index contributed by atoms with van der Waals surface area (Å²) in [6, 6.07) is 10.0. The molecule has 5 nitrogen and oxygen atoms in total. The number of piperidine rings is 1. The average Bonchev–Trinajstić information content (AvgIpc) is 2.97. The van der Waals surface area contributed by atoms with Crippen molar-refractivity contribution < 1.29 is 9.21 Å². The van der Waals surface area contributed by atoms with Crippen molar-refractivity contribution in [1.29, 1.82) is 0 Å². The maximum absolute atomic E-state index is 12.7. The zero-order chi connectivity index (χ0) is 15.5. The Labute approximate surface area is 130 Å². The average molecular weight is 299 g/mol. The van der Waals surface area contributed by atoms with Crippen molar-refractivity contribution in [1.82, 2.24) is 15.2 Å². The normalized spacial score (nSPS) is 18.5. The molecule has 0 aliphatic carbocycles. The number of hydrogen-bond acceptors (Lipinski definition) is 4. The van der Waals surface area contributed by atoms with Gasteiger partial charge in [-0.15, -0.1) is 0 Å². The monoisotopic (exact) mass is 299 g/mol. The van der Waals surface area contributed by atoms with Crippen molar-refractivity contribution in [3.05, 3.63) is 41.8 Å². The molecule has 1 aromatic carbocycles. The van der Waals surface area contributed by atoms with E-state index < -0.39 is 0 Å². The van der Waals surface area contributed by atoms with Gasteiger partial charge in [-0.1, -0.05) is 18.2 Å². The minimum Gasteiger partial charge on any atom is -0.431 e. The fraction of sp³-hybridized carbons (Fsp3) is 0.412. The van der Waals surface area contributed by atoms with E-state index in [-0.39, 0.29) is 5.91 Å². The number of nitrogens with zero attached hydrogens (tertiary/aromatic N) is 2. The summed E-state index contributed by atoms with van der Waals surface area (Å²) in [7, 11) is 1.94. The summed E-state index contributed by atoms with van der Waals surface area (Å²) < 4.78 is 5.76. The van der Waals surface area contributed by atoms with E-state index >= 15 is 0 Å². The maximum Gasteiger partial charge on any atom is 0.291 e. The summed E-state index contributed by atoms with van der Waals surface area (Å²) in [5.41, 5.74) is 1.53. The lowest BCUT2D eigenvalue weighted by Gasteiger charge is -2.32. The number of likely N-dealkylation sites (N-methyl/N-ethyl adjacent to an activating group) is 1. The number of aromatic nitrogens is 1. The van der Waals surface area contributed by atoms with Crippen LogP contribution >= 0.6 is 0 Å². The molecular weight excluding hydrogens is 278 g/mol. The molecule has 0 radical (unpaired) electrons. The van der Waals surface area contributed by atoms with Gasteiger partial charge in [-0.3, -0.25) is 4.79 Å². The van der Waals surface area contributed by atoms with E-state index in [9.17, 15) is 4.79 Å². The lowest BCUT2D eigenvalue weighted by Crippen LogP contribution is -2.47. The van der Waals surface area contributed by atoms with E-state index in [0.717, 1.165) is 31.5 Å². The highest BCUT2D eigenvalue weighted by Crippen LogP contribution is 2.23. The van der Waals surface area contributed by atoms with Crippen molar-refractivity contribution in [2.75, 3.05) is 20.1 Å². The van der Waals surface area contributed by atoms with Crippen LogP contribution in [0.4, 0.5) is 0 Å². The zero-order valence-corrected chi connectivity index (χ0v) is 13.0. The fourth-order valence-corrected chi connectivity index (χ4v) is 2.84. The fourth-order valence-electron chi connectivity index (χ4n) is 2.84. The molecule has 0 unspecified atom stereocenters. The predicted octanol–water partition coefficient (Wildman–Crippen LogP) is 2.47. The van der Waals surface area contributed by atoms with Gasteiger partial charge < -0.3 is 14.6 Å². The summed E-state index contributed by atoms with van der Waals surface area (Å²) in [6.07, 6.45) is 2.11. The summed E-state index contributed by atoms with van der Waals surface area (Å²) >= 11 is 0. The van der Waals surface area contributed by atoms with Gasteiger partial charge in [0.05, 0.1) is 5.69 Å². The quantitative estimate of drug-likeness (QED) is 0.946. The van der Waals surface area contributed by atoms with E-state index in [0.29, 0.717) is 23.4 Å². The van der Waals surface area contributed by atoms with Crippen LogP contribution in [0.3, 0.4) is 0 Å². The molecule has 1 N–H and O–H groups in total. The number of carbonyl (C=O) groups is 1. The van der Waals surface area contributed by atoms with E-state index in [1.807, 2.05) is 49.2 Å². The first-order chi connectivity index (χ1) is 10.7. The Morgan fingerprint density at radius 1 is 1.36 bits per heavy atom. The van der Waals surface area contributed by atoms with E-state index in [2.05, 4.69) is 10.3 Å². The molecule has 0 bridgehead atoms. The van der Waals surface area contributed by atoms with Gasteiger partial charge in [-0.25, -0.2) is 4.98 Å². The first-order valence-corrected chi connectivity index (χ1v) is 7.68. The second-order valence-electron chi connectivity index (χ2n) is 5.68. The van der Waals surface area contributed by atoms with Crippen LogP contribution < -0.4 is 5.32 Å². The standard InChI is InChI=1S/C17H21N3O2/c1-12-15(17(21)20-10-6-9-14(11-20)18-2)22-16(19-12)13-7-4-3-5-8-13/h3-5,7-8,14,18H,6,9-11H2,1-2H3/t14-/m0/s1. The molecule has 1 fully saturated rings. The van der Waals surface area contributed by atoms with Crippen LogP contribution in [0.1, 0.15) is 29.1 Å². The highest BCUT2D eigenvalue weighted by atomic mass is 16.4. The Morgan fingerprint density at radius 3 is 2.86 bits per heavy atom. The first-order valence-electron chi connectivity index (χ1n) is 7.68. The van der Waals surface area contributed by atoms with Crippen LogP contribution in [0.2, 0.25) is 0 Å². The van der Waals surface area contributed by atoms with Crippen molar-refractivity contribution in [3.63, 3.8) is 0 Å². The maximum atomic E-state index is 12.7. The van der Waals surface area contributed by atoms with Crippen LogP contribution in [0.25, 0.3) is 11.5 Å². The smallest absolute Gasteiger partial charge is 0.291 e. The minimum absolute atomic E-state index is 0.0628. The third-order valence-corrected chi connectivity index (χ3v) is 4.13. The molecule has 1 aromatic heterocycles. The topological polar surface area (TPSA) is 58.4 Å². The SMILES string of the molecule is CN[C@H]1CCCN(C(=O)c2oc(-c3ccccc3)nc2C)C1. The molecule has 5 heteroatoms. The van der Waals surface area contributed by atoms with Crippen molar-refractivity contribution >= 4 is 5.91 Å². The summed E-state index contributed by atoms with van der Waals surface area (Å²) in [4.78, 5) is 19.0. The number of oxazole rings is 1. The number of nitrogens with one attached hydrogen (secondary N) is 1. The van der Waals surface area contributed by atoms with Gasteiger partial charge in [0.1, 0.15) is 0 Å². The van der Waals surface area contributed by atoms with Gasteiger partial charge in [0.25, 0.3) is 5.91 Å². The van der Waals surface area contributed by atoms with Gasteiger partial charge in [0, 0.05) is 24.7 Å². The van der Waals surface area contributed by atoms with E-state index in [4.69, 9.17) is 4.42 Å². The Morgan fingerprint density at radius 2 is 2.14 bits per heavy atom. The van der Waals surface area contributed by atoms with Gasteiger partial charge in [-0.05, 0) is 38.9 Å². The van der Waals surface area contributed by atoms with Gasteiger partial charge in [0.2, 0.25) is 11.7 Å². The molecule has 1 saturated heterocycles. The van der Waals surface area contributed by atoms with Crippen LogP contribution in [0, 0.1) is 6.92 Å². The zero-order valence-electron chi connectivity index (χ0n) is 13.0. The molecule has 3 rings (SSSR count). The second kappa shape index (κ2) is 6.32. The number of rotatable bonds is 3. The van der Waals surface area contributed by atoms with Gasteiger partial charge in [0.15, 0.2) is 0 Å². The van der Waals surface area contributed by atoms with Gasteiger partial charge >= 0.3 is 0 Å². The minimum atomic E-state index is -0.0628. The first kappa shape index (κ1) is 14.8. The third-order valence-electron chi connectivity index (χ3n) is 4.13. The molecule has 0 spiro atoms. The molecular formula is C17H21N3O2. The Bertz CT molecular complexity index is 651. The molecule has 1 aliphatic rings. The Balaban J connectivity index is 1.83. The highest BCUT2D eigenvalue weighted by Gasteiger charge is 2.27. The molecule has 1 atom stereocenters. The largest absolute Gasteiger partial charge is 0.431 e. The summed E-state index contributed by atoms with van der Waals surface area (Å²) in [5.74, 6) is 0.798. The van der Waals surface area contributed by atoms with Crippen molar-refractivity contribution in [3.8, 4) is 11.5 Å². The third kappa shape index (κ3) is 2.90. The number of carbonyl (C=O) groups excluding carboxylic acids is 1. The van der Waals surface area contributed by atoms with Crippen LogP contribution in [0.5, 0.6) is 0 Å². The lowest BCUT2D eigenvalue weighted by atomic mass is 10.1. The van der Waals surface area contributed by atoms with Crippen LogP contribution in [-0.4, -0.2) is 42.0 Å². The molecule has 0 saturated carbocycles. The summed E-state index contributed by atoms with van der Waals surface area (Å²) in [5, 5.41) is 3.25. The number of aryl methyl sites for hydroxylation is 1. The van der Waals surface area contributed by atoms with Crippen LogP contribution in [0.15, 0.2) is 34.7 Å². The van der Waals surface area contributed by atoms with Crippen molar-refractivity contribution in [2.45, 2.75) is 25.8 Å². The van der Waals surface area contributed by atoms with E-state index in [1.165, 1.54) is 0 Å². The molecule has 116 valence electrons. The Hall–Kier alpha value is -2.14. The van der Waals surface area contributed by atoms with Crippen molar-refractivity contribution in [2.24, 2.45) is 0 Å². The number of benzene rings is 1. The van der Waals surface area contributed by atoms with Crippen LogP contribution in [-0.2, 0) is 0 Å². The highest BCUT2D eigenvalue weighted by molar-refractivity contribution is 5.93. The summed E-state index contributed by atoms with van der Waals surface area (Å²) in [6.45, 7) is 3.32.